The van der Waals surface area contributed by atoms with Crippen molar-refractivity contribution in [2.45, 2.75) is 22.4 Å². The fourth-order valence-electron chi connectivity index (χ4n) is 4.42. The lowest BCUT2D eigenvalue weighted by Crippen LogP contribution is -2.71. The number of anilines is 1. The van der Waals surface area contributed by atoms with E-state index in [4.69, 9.17) is 10.6 Å². The number of hydrogen-bond donors (Lipinski definition) is 5. The summed E-state index contributed by atoms with van der Waals surface area (Å²) in [4.78, 5) is 62.3. The maximum Gasteiger partial charge on any atom is 0.352 e. The molecule has 228 valence electrons. The van der Waals surface area contributed by atoms with Gasteiger partial charge in [-0.15, -0.1) is 34.9 Å². The maximum atomic E-state index is 13.4. The lowest BCUT2D eigenvalue weighted by molar-refractivity contribution is -0.647. The zero-order chi connectivity index (χ0) is 31.4. The van der Waals surface area contributed by atoms with Gasteiger partial charge in [-0.05, 0) is 5.57 Å². The van der Waals surface area contributed by atoms with Crippen molar-refractivity contribution in [3.8, 4) is 0 Å². The van der Waals surface area contributed by atoms with E-state index >= 15 is 0 Å². The lowest BCUT2D eigenvalue weighted by atomic mass is 10.0. The van der Waals surface area contributed by atoms with Crippen molar-refractivity contribution < 1.29 is 38.9 Å². The molecule has 1 saturated heterocycles. The summed E-state index contributed by atoms with van der Waals surface area (Å²) in [5.74, 6) is -3.34. The zero-order valence-corrected chi connectivity index (χ0v) is 25.4. The highest BCUT2D eigenvalue weighted by atomic mass is 32.2. The van der Waals surface area contributed by atoms with Crippen LogP contribution in [0.25, 0.3) is 0 Å². The van der Waals surface area contributed by atoms with E-state index in [0.717, 1.165) is 16.2 Å². The molecule has 5 rings (SSSR count). The second-order valence-electron chi connectivity index (χ2n) is 9.32. The molecule has 1 fully saturated rings. The normalized spacial score (nSPS) is 18.6. The smallest absolute Gasteiger partial charge is 0.352 e. The lowest BCUT2D eigenvalue weighted by Gasteiger charge is -2.49. The van der Waals surface area contributed by atoms with Crippen molar-refractivity contribution >= 4 is 69.5 Å². The third-order valence-corrected chi connectivity index (χ3v) is 9.67. The van der Waals surface area contributed by atoms with E-state index in [0.29, 0.717) is 22.6 Å². The number of amides is 2. The first kappa shape index (κ1) is 30.8. The summed E-state index contributed by atoms with van der Waals surface area (Å²) < 4.78 is 1.76. The van der Waals surface area contributed by atoms with E-state index < -0.39 is 41.3 Å². The van der Waals surface area contributed by atoms with Crippen LogP contribution in [0.2, 0.25) is 0 Å². The molecule has 4 heterocycles. The van der Waals surface area contributed by atoms with Gasteiger partial charge in [-0.25, -0.2) is 14.6 Å². The molecule has 0 spiro atoms. The number of fused-ring (bicyclic) bond motifs is 1. The third kappa shape index (κ3) is 6.48. The van der Waals surface area contributed by atoms with Crippen molar-refractivity contribution in [3.63, 3.8) is 0 Å². The Balaban J connectivity index is 1.32. The van der Waals surface area contributed by atoms with Crippen LogP contribution in [0.4, 0.5) is 5.13 Å². The number of carboxylic acids is 2. The predicted molar refractivity (Wildman–Crippen MR) is 163 cm³/mol. The van der Waals surface area contributed by atoms with Crippen LogP contribution in [0, 0.1) is 0 Å². The Morgan fingerprint density at radius 3 is 2.57 bits per heavy atom. The largest absolute Gasteiger partial charge is 0.478 e. The van der Waals surface area contributed by atoms with Crippen LogP contribution in [0.1, 0.15) is 17.4 Å². The predicted octanol–water partition coefficient (Wildman–Crippen LogP) is 1.26. The van der Waals surface area contributed by atoms with Crippen LogP contribution in [-0.2, 0) is 24.0 Å². The number of carbonyl (C=O) groups excluding carboxylic acids is 2. The number of aromatic nitrogens is 2. The quantitative estimate of drug-likeness (QED) is 0.0616. The number of nitrogens with zero attached hydrogens (tertiary/aromatic N) is 4. The summed E-state index contributed by atoms with van der Waals surface area (Å²) >= 11 is 3.81. The first-order valence-corrected chi connectivity index (χ1v) is 15.8. The third-order valence-electron chi connectivity index (χ3n) is 6.56. The second-order valence-corrected chi connectivity index (χ2v) is 12.4. The first-order valence-electron chi connectivity index (χ1n) is 12.9. The fourth-order valence-corrected chi connectivity index (χ4v) is 7.33. The molecule has 1 aromatic carbocycles. The van der Waals surface area contributed by atoms with E-state index in [1.165, 1.54) is 45.9 Å². The SMILES string of the molecule is CN[n+]1ccc(SCC2=C(C(=O)O)N3C(=O)[C@@H](NC(=O)/C(=N\OC(C(=O)O)c4ccccc4)c4csc(N)n4)[C@H]3SC2)cc1. The summed E-state index contributed by atoms with van der Waals surface area (Å²) in [5.41, 5.74) is 9.11. The van der Waals surface area contributed by atoms with Gasteiger partial charge in [0.05, 0.1) is 7.05 Å². The number of aliphatic carboxylic acids is 2. The van der Waals surface area contributed by atoms with Crippen molar-refractivity contribution in [2.24, 2.45) is 5.16 Å². The Kier molecular flexibility index (Phi) is 9.36. The van der Waals surface area contributed by atoms with Gasteiger partial charge in [0.15, 0.2) is 10.8 Å². The highest BCUT2D eigenvalue weighted by Crippen LogP contribution is 2.41. The Labute approximate surface area is 262 Å². The molecule has 2 aliphatic rings. The number of nitrogens with two attached hydrogens (primary N) is 1. The molecule has 44 heavy (non-hydrogen) atoms. The van der Waals surface area contributed by atoms with Gasteiger partial charge < -0.3 is 26.1 Å². The van der Waals surface area contributed by atoms with E-state index in [2.05, 4.69) is 20.9 Å². The minimum Gasteiger partial charge on any atom is -0.478 e. The zero-order valence-electron chi connectivity index (χ0n) is 22.9. The molecule has 17 heteroatoms. The average Bonchev–Trinajstić information content (AvgIpc) is 3.46. The number of benzene rings is 1. The second kappa shape index (κ2) is 13.4. The van der Waals surface area contributed by atoms with Gasteiger partial charge >= 0.3 is 11.9 Å². The number of pyridine rings is 1. The summed E-state index contributed by atoms with van der Waals surface area (Å²) in [5, 5.41) is 27.0. The number of nitrogens with one attached hydrogen (secondary N) is 2. The number of carbonyl (C=O) groups is 4. The average molecular weight is 657 g/mol. The first-order chi connectivity index (χ1) is 21.2. The van der Waals surface area contributed by atoms with Gasteiger partial charge in [0, 0.05) is 39.5 Å². The standard InChI is InChI=1S/C27H25N7O7S3/c1-29-33-9-7-16(8-10-33)42-11-15-12-43-24-19(23(36)34(24)20(15)25(37)38)31-22(35)18(17-13-44-27(28)30-17)32-41-21(26(39)40)14-5-3-2-4-6-14/h2-10,13,19,21,24,29H,11-12H2,1H3,(H4-,28,30,31,35,37,38,39,40)/p+1/b32-18-/t19-,21?,24-/m1/s1. The van der Waals surface area contributed by atoms with Crippen LogP contribution in [0.3, 0.4) is 0 Å². The summed E-state index contributed by atoms with van der Waals surface area (Å²) in [7, 11) is 1.78. The molecule has 0 radical (unpaired) electrons. The molecule has 6 N–H and O–H groups in total. The van der Waals surface area contributed by atoms with Gasteiger partial charge in [0.1, 0.15) is 22.8 Å². The van der Waals surface area contributed by atoms with Crippen LogP contribution < -0.4 is 21.2 Å². The summed E-state index contributed by atoms with van der Waals surface area (Å²) in [6.45, 7) is 0. The number of nitrogen functional groups attached to an aromatic ring is 1. The molecule has 0 aliphatic carbocycles. The number of carboxylic acid groups (broad SMARTS) is 2. The monoisotopic (exact) mass is 656 g/mol. The molecule has 2 aliphatic heterocycles. The number of thioether (sulfide) groups is 2. The van der Waals surface area contributed by atoms with Crippen molar-refractivity contribution in [1.82, 2.24) is 15.2 Å². The maximum absolute atomic E-state index is 13.4. The Bertz CT molecular complexity index is 1650. The summed E-state index contributed by atoms with van der Waals surface area (Å²) in [6, 6.07) is 10.8. The topological polar surface area (TPSA) is 200 Å². The number of rotatable bonds is 12. The Hall–Kier alpha value is -4.61. The fraction of sp³-hybridized carbons (Fsp3) is 0.222. The molecular formula is C27H26N7O7S3+. The molecular weight excluding hydrogens is 631 g/mol. The van der Waals surface area contributed by atoms with Crippen LogP contribution in [0.5, 0.6) is 0 Å². The molecule has 3 aromatic rings. The van der Waals surface area contributed by atoms with E-state index in [1.54, 1.807) is 29.9 Å². The molecule has 0 saturated carbocycles. The number of thiazole rings is 1. The van der Waals surface area contributed by atoms with Gasteiger partial charge in [0.25, 0.3) is 11.8 Å². The van der Waals surface area contributed by atoms with Gasteiger partial charge in [-0.2, -0.15) is 5.43 Å². The van der Waals surface area contributed by atoms with Crippen LogP contribution in [-0.4, -0.2) is 79.5 Å². The van der Waals surface area contributed by atoms with Crippen LogP contribution in [0.15, 0.2) is 81.6 Å². The van der Waals surface area contributed by atoms with Gasteiger partial charge in [-0.3, -0.25) is 14.5 Å². The summed E-state index contributed by atoms with van der Waals surface area (Å²) in [6.07, 6.45) is 2.14. The number of β-lactam (4-membered cyclic amide) rings is 1. The number of oxime groups is 1. The minimum absolute atomic E-state index is 0.0220. The van der Waals surface area contributed by atoms with Gasteiger partial charge in [-0.1, -0.05) is 40.2 Å². The van der Waals surface area contributed by atoms with Gasteiger partial charge in [0.2, 0.25) is 18.5 Å². The van der Waals surface area contributed by atoms with E-state index in [1.807, 2.05) is 24.5 Å². The molecule has 3 atom stereocenters. The van der Waals surface area contributed by atoms with Crippen molar-refractivity contribution in [2.75, 3.05) is 29.7 Å². The van der Waals surface area contributed by atoms with Crippen molar-refractivity contribution in [1.29, 1.82) is 0 Å². The molecule has 0 bridgehead atoms. The Morgan fingerprint density at radius 2 is 1.95 bits per heavy atom. The highest BCUT2D eigenvalue weighted by Gasteiger charge is 2.54. The van der Waals surface area contributed by atoms with Crippen molar-refractivity contribution in [3.05, 3.63) is 82.8 Å². The van der Waals surface area contributed by atoms with E-state index in [9.17, 15) is 29.4 Å². The highest BCUT2D eigenvalue weighted by molar-refractivity contribution is 8.01. The molecule has 1 unspecified atom stereocenters. The molecule has 2 aromatic heterocycles. The number of hydrogen-bond acceptors (Lipinski definition) is 12. The van der Waals surface area contributed by atoms with E-state index in [-0.39, 0.29) is 22.2 Å². The molecule has 14 nitrogen and oxygen atoms in total. The molecule has 2 amide bonds. The Morgan fingerprint density at radius 1 is 1.23 bits per heavy atom. The minimum atomic E-state index is -1.52. The van der Waals surface area contributed by atoms with Crippen LogP contribution >= 0.6 is 34.9 Å².